The molecule has 0 radical (unpaired) electrons. The number of aliphatic carboxylic acids is 2. The quantitative estimate of drug-likeness (QED) is 0.818. The molecule has 3 rings (SSSR count). The highest BCUT2D eigenvalue weighted by molar-refractivity contribution is 6.27. The van der Waals surface area contributed by atoms with Gasteiger partial charge >= 0.3 is 11.9 Å². The molecule has 0 aromatic heterocycles. The third-order valence-electron chi connectivity index (χ3n) is 4.37. The highest BCUT2D eigenvalue weighted by Gasteiger charge is 2.41. The smallest absolute Gasteiger partial charge is 0.414 e. The van der Waals surface area contributed by atoms with E-state index in [0.29, 0.717) is 0 Å². The zero-order valence-electron chi connectivity index (χ0n) is 14.9. The van der Waals surface area contributed by atoms with Crippen LogP contribution in [-0.4, -0.2) is 54.3 Å². The number of benzene rings is 2. The van der Waals surface area contributed by atoms with Crippen LogP contribution in [0.2, 0.25) is 0 Å². The van der Waals surface area contributed by atoms with Gasteiger partial charge in [0.05, 0.1) is 5.41 Å². The normalized spacial score (nSPS) is 17.7. The van der Waals surface area contributed by atoms with Gasteiger partial charge in [-0.2, -0.15) is 0 Å². The molecule has 2 N–H and O–H groups in total. The van der Waals surface area contributed by atoms with Crippen LogP contribution < -0.4 is 4.74 Å². The Morgan fingerprint density at radius 2 is 1.58 bits per heavy atom. The molecule has 26 heavy (non-hydrogen) atoms. The second-order valence-corrected chi connectivity index (χ2v) is 6.40. The zero-order valence-corrected chi connectivity index (χ0v) is 14.9. The van der Waals surface area contributed by atoms with Crippen LogP contribution in [0.4, 0.5) is 0 Å². The van der Waals surface area contributed by atoms with Crippen molar-refractivity contribution in [3.63, 3.8) is 0 Å². The van der Waals surface area contributed by atoms with Gasteiger partial charge in [0.15, 0.2) is 0 Å². The summed E-state index contributed by atoms with van der Waals surface area (Å²) in [5, 5.41) is 14.8. The summed E-state index contributed by atoms with van der Waals surface area (Å²) in [7, 11) is 4.25. The molecule has 0 saturated heterocycles. The number of rotatable bonds is 4. The number of hydrogen-bond donors (Lipinski definition) is 2. The molecule has 0 amide bonds. The molecule has 138 valence electrons. The minimum atomic E-state index is -1.82. The number of carboxylic acid groups (broad SMARTS) is 2. The molecule has 0 fully saturated rings. The molecule has 0 aliphatic carbocycles. The first-order valence-electron chi connectivity index (χ1n) is 8.25. The highest BCUT2D eigenvalue weighted by Crippen LogP contribution is 2.45. The van der Waals surface area contributed by atoms with E-state index in [1.165, 1.54) is 11.1 Å². The van der Waals surface area contributed by atoms with Gasteiger partial charge < -0.3 is 19.8 Å². The lowest BCUT2D eigenvalue weighted by Gasteiger charge is -2.30. The van der Waals surface area contributed by atoms with Crippen LogP contribution >= 0.6 is 0 Å². The Morgan fingerprint density at radius 1 is 1.00 bits per heavy atom. The molecule has 2 aromatic carbocycles. The molecule has 0 spiro atoms. The average molecular weight is 357 g/mol. The van der Waals surface area contributed by atoms with Crippen molar-refractivity contribution in [1.29, 1.82) is 0 Å². The monoisotopic (exact) mass is 357 g/mol. The summed E-state index contributed by atoms with van der Waals surface area (Å²) in [5.74, 6) is -2.61. The van der Waals surface area contributed by atoms with E-state index >= 15 is 0 Å². The van der Waals surface area contributed by atoms with E-state index in [1.807, 2.05) is 6.07 Å². The van der Waals surface area contributed by atoms with Crippen molar-refractivity contribution in [2.45, 2.75) is 11.8 Å². The molecule has 1 heterocycles. The van der Waals surface area contributed by atoms with Crippen LogP contribution in [0.15, 0.2) is 54.6 Å². The number of nitrogens with zero attached hydrogens (tertiary/aromatic N) is 1. The molecule has 0 saturated carbocycles. The largest absolute Gasteiger partial charge is 0.492 e. The van der Waals surface area contributed by atoms with Crippen molar-refractivity contribution >= 4 is 11.9 Å². The summed E-state index contributed by atoms with van der Waals surface area (Å²) in [4.78, 5) is 20.4. The van der Waals surface area contributed by atoms with Crippen molar-refractivity contribution in [3.8, 4) is 5.75 Å². The molecule has 0 bridgehead atoms. The van der Waals surface area contributed by atoms with Gasteiger partial charge in [-0.15, -0.1) is 0 Å². The van der Waals surface area contributed by atoms with Crippen molar-refractivity contribution in [2.24, 2.45) is 0 Å². The zero-order chi connectivity index (χ0) is 19.2. The number of carboxylic acids is 2. The molecule has 1 aliphatic heterocycles. The van der Waals surface area contributed by atoms with E-state index < -0.39 is 11.9 Å². The van der Waals surface area contributed by atoms with E-state index in [9.17, 15) is 0 Å². The van der Waals surface area contributed by atoms with Crippen LogP contribution in [0.25, 0.3) is 0 Å². The highest BCUT2D eigenvalue weighted by atomic mass is 16.5. The van der Waals surface area contributed by atoms with Crippen LogP contribution in [0, 0.1) is 0 Å². The number of para-hydroxylation sites is 1. The average Bonchev–Trinajstić information content (AvgIpc) is 3.01. The fraction of sp³-hybridized carbons (Fsp3) is 0.300. The van der Waals surface area contributed by atoms with Crippen LogP contribution in [0.5, 0.6) is 5.75 Å². The summed E-state index contributed by atoms with van der Waals surface area (Å²) in [6, 6.07) is 19.2. The summed E-state index contributed by atoms with van der Waals surface area (Å²) < 4.78 is 5.98. The summed E-state index contributed by atoms with van der Waals surface area (Å²) in [6.07, 6.45) is 1.07. The standard InChI is InChI=1S/C18H21NO.C2H2O4/c1-19(2)13-12-18(15-8-4-3-5-9-15)14-20-17-11-7-6-10-16(17)18;3-1(4)2(5)6/h3-11H,12-14H2,1-2H3;(H,3,4)(H,5,6). The number of ether oxygens (including phenoxy) is 1. The second kappa shape index (κ2) is 8.49. The first-order chi connectivity index (χ1) is 12.4. The molecule has 6 nitrogen and oxygen atoms in total. The van der Waals surface area contributed by atoms with Gasteiger partial charge in [-0.3, -0.25) is 0 Å². The fourth-order valence-corrected chi connectivity index (χ4v) is 3.03. The number of fused-ring (bicyclic) bond motifs is 1. The lowest BCUT2D eigenvalue weighted by Crippen LogP contribution is -2.33. The van der Waals surface area contributed by atoms with E-state index in [4.69, 9.17) is 24.5 Å². The van der Waals surface area contributed by atoms with Gasteiger partial charge in [-0.1, -0.05) is 48.5 Å². The maximum absolute atomic E-state index is 9.10. The van der Waals surface area contributed by atoms with Crippen LogP contribution in [0.3, 0.4) is 0 Å². The number of hydrogen-bond acceptors (Lipinski definition) is 4. The summed E-state index contributed by atoms with van der Waals surface area (Å²) >= 11 is 0. The minimum Gasteiger partial charge on any atom is -0.492 e. The van der Waals surface area contributed by atoms with Crippen molar-refractivity contribution in [1.82, 2.24) is 4.90 Å². The second-order valence-electron chi connectivity index (χ2n) is 6.40. The molecule has 1 unspecified atom stereocenters. The van der Waals surface area contributed by atoms with Gasteiger partial charge in [0.25, 0.3) is 0 Å². The van der Waals surface area contributed by atoms with E-state index in [2.05, 4.69) is 67.5 Å². The van der Waals surface area contributed by atoms with Crippen LogP contribution in [-0.2, 0) is 15.0 Å². The maximum Gasteiger partial charge on any atom is 0.414 e. The molecule has 6 heteroatoms. The SMILES string of the molecule is CN(C)CCC1(c2ccccc2)COc2ccccc21.O=C(O)C(=O)O. The topological polar surface area (TPSA) is 87.1 Å². The maximum atomic E-state index is 9.10. The van der Waals surface area contributed by atoms with Crippen molar-refractivity contribution in [3.05, 3.63) is 65.7 Å². The van der Waals surface area contributed by atoms with E-state index in [-0.39, 0.29) is 5.41 Å². The molecule has 2 aromatic rings. The van der Waals surface area contributed by atoms with Crippen LogP contribution in [0.1, 0.15) is 17.5 Å². The van der Waals surface area contributed by atoms with E-state index in [1.54, 1.807) is 0 Å². The van der Waals surface area contributed by atoms with E-state index in [0.717, 1.165) is 25.3 Å². The van der Waals surface area contributed by atoms with Gasteiger partial charge in [-0.05, 0) is 38.7 Å². The molecular weight excluding hydrogens is 334 g/mol. The molecule has 1 atom stereocenters. The lowest BCUT2D eigenvalue weighted by atomic mass is 9.73. The number of carbonyl (C=O) groups is 2. The van der Waals surface area contributed by atoms with Crippen molar-refractivity contribution in [2.75, 3.05) is 27.2 Å². The Balaban J connectivity index is 0.000000352. The fourth-order valence-electron chi connectivity index (χ4n) is 3.03. The first-order valence-corrected chi connectivity index (χ1v) is 8.25. The first kappa shape index (κ1) is 19.5. The Morgan fingerprint density at radius 3 is 2.15 bits per heavy atom. The van der Waals surface area contributed by atoms with Gasteiger partial charge in [0.2, 0.25) is 0 Å². The molecular formula is C20H23NO5. The Bertz CT molecular complexity index is 748. The predicted molar refractivity (Wildman–Crippen MR) is 97.6 cm³/mol. The Kier molecular flexibility index (Phi) is 6.36. The third-order valence-corrected chi connectivity index (χ3v) is 4.37. The lowest BCUT2D eigenvalue weighted by molar-refractivity contribution is -0.159. The minimum absolute atomic E-state index is 0.0118. The van der Waals surface area contributed by atoms with Gasteiger partial charge in [-0.25, -0.2) is 9.59 Å². The van der Waals surface area contributed by atoms with Gasteiger partial charge in [0.1, 0.15) is 12.4 Å². The Hall–Kier alpha value is -2.86. The summed E-state index contributed by atoms with van der Waals surface area (Å²) in [6.45, 7) is 1.79. The van der Waals surface area contributed by atoms with Gasteiger partial charge in [0, 0.05) is 5.56 Å². The Labute approximate surface area is 152 Å². The van der Waals surface area contributed by atoms with Crippen molar-refractivity contribution < 1.29 is 24.5 Å². The third kappa shape index (κ3) is 4.40. The summed E-state index contributed by atoms with van der Waals surface area (Å²) in [5.41, 5.74) is 2.67. The predicted octanol–water partition coefficient (Wildman–Crippen LogP) is 2.47. The molecule has 1 aliphatic rings.